The summed E-state index contributed by atoms with van der Waals surface area (Å²) in [5.41, 5.74) is 8.65. The summed E-state index contributed by atoms with van der Waals surface area (Å²) in [7, 11) is 0. The third-order valence-electron chi connectivity index (χ3n) is 2.56. The van der Waals surface area contributed by atoms with Crippen LogP contribution in [0.15, 0.2) is 16.9 Å². The molecule has 0 saturated heterocycles. The fourth-order valence-electron chi connectivity index (χ4n) is 1.70. The predicted molar refractivity (Wildman–Crippen MR) is 70.0 cm³/mol. The molecule has 90 valence electrons. The number of aryl methyl sites for hydroxylation is 1. The van der Waals surface area contributed by atoms with Gasteiger partial charge < -0.3 is 5.73 Å². The van der Waals surface area contributed by atoms with E-state index in [1.165, 1.54) is 0 Å². The third-order valence-corrected chi connectivity index (χ3v) is 2.97. The Labute approximate surface area is 108 Å². The first-order valence-corrected chi connectivity index (χ1v) is 6.30. The van der Waals surface area contributed by atoms with Crippen molar-refractivity contribution < 1.29 is 0 Å². The van der Waals surface area contributed by atoms with E-state index in [9.17, 15) is 0 Å². The number of anilines is 1. The maximum atomic E-state index is 6.04. The monoisotopic (exact) mass is 295 g/mol. The summed E-state index contributed by atoms with van der Waals surface area (Å²) in [4.78, 5) is 8.47. The molecule has 0 unspecified atom stereocenters. The SMILES string of the molecule is CCc1nn(-c2ncc(Br)cn2)c(CC)c1N. The van der Waals surface area contributed by atoms with Crippen molar-refractivity contribution in [2.75, 3.05) is 5.73 Å². The van der Waals surface area contributed by atoms with E-state index < -0.39 is 0 Å². The minimum atomic E-state index is 0.552. The molecule has 0 aliphatic heterocycles. The Kier molecular flexibility index (Phi) is 3.42. The zero-order chi connectivity index (χ0) is 12.4. The first kappa shape index (κ1) is 12.0. The summed E-state index contributed by atoms with van der Waals surface area (Å²) in [6, 6.07) is 0. The lowest BCUT2D eigenvalue weighted by Gasteiger charge is -2.03. The highest BCUT2D eigenvalue weighted by molar-refractivity contribution is 9.10. The maximum absolute atomic E-state index is 6.04. The molecule has 2 heterocycles. The zero-order valence-corrected chi connectivity index (χ0v) is 11.4. The minimum Gasteiger partial charge on any atom is -0.396 e. The van der Waals surface area contributed by atoms with Crippen LogP contribution in [0.2, 0.25) is 0 Å². The van der Waals surface area contributed by atoms with E-state index in [2.05, 4.69) is 31.0 Å². The molecule has 0 aromatic carbocycles. The molecule has 0 amide bonds. The van der Waals surface area contributed by atoms with Crippen LogP contribution < -0.4 is 5.73 Å². The summed E-state index contributed by atoms with van der Waals surface area (Å²) in [5.74, 6) is 0.552. The van der Waals surface area contributed by atoms with Gasteiger partial charge in [-0.3, -0.25) is 0 Å². The molecule has 2 rings (SSSR count). The Morgan fingerprint density at radius 3 is 2.41 bits per heavy atom. The van der Waals surface area contributed by atoms with Gasteiger partial charge in [0.2, 0.25) is 0 Å². The maximum Gasteiger partial charge on any atom is 0.250 e. The quantitative estimate of drug-likeness (QED) is 0.942. The smallest absolute Gasteiger partial charge is 0.250 e. The number of aromatic nitrogens is 4. The zero-order valence-electron chi connectivity index (χ0n) is 9.81. The van der Waals surface area contributed by atoms with Gasteiger partial charge in [-0.15, -0.1) is 0 Å². The lowest BCUT2D eigenvalue weighted by molar-refractivity contribution is 0.745. The van der Waals surface area contributed by atoms with Gasteiger partial charge in [-0.05, 0) is 28.8 Å². The Bertz CT molecular complexity index is 517. The molecule has 2 N–H and O–H groups in total. The lowest BCUT2D eigenvalue weighted by Crippen LogP contribution is -2.06. The van der Waals surface area contributed by atoms with Crippen molar-refractivity contribution in [1.82, 2.24) is 19.7 Å². The number of nitrogens with zero attached hydrogens (tertiary/aromatic N) is 4. The van der Waals surface area contributed by atoms with Gasteiger partial charge in [0.25, 0.3) is 5.95 Å². The largest absolute Gasteiger partial charge is 0.396 e. The number of nitrogens with two attached hydrogens (primary N) is 1. The van der Waals surface area contributed by atoms with Crippen LogP contribution >= 0.6 is 15.9 Å². The molecular formula is C11H14BrN5. The van der Waals surface area contributed by atoms with Crippen molar-refractivity contribution in [3.8, 4) is 5.95 Å². The average molecular weight is 296 g/mol. The van der Waals surface area contributed by atoms with Gasteiger partial charge in [-0.25, -0.2) is 14.6 Å². The molecule has 0 aliphatic rings. The van der Waals surface area contributed by atoms with Crippen molar-refractivity contribution in [1.29, 1.82) is 0 Å². The van der Waals surface area contributed by atoms with Gasteiger partial charge in [-0.1, -0.05) is 13.8 Å². The molecule has 0 spiro atoms. The molecule has 0 fully saturated rings. The minimum absolute atomic E-state index is 0.552. The first-order valence-electron chi connectivity index (χ1n) is 5.51. The Morgan fingerprint density at radius 2 is 1.88 bits per heavy atom. The number of rotatable bonds is 3. The van der Waals surface area contributed by atoms with Gasteiger partial charge in [0.1, 0.15) is 0 Å². The third kappa shape index (κ3) is 2.17. The first-order chi connectivity index (χ1) is 8.17. The van der Waals surface area contributed by atoms with Gasteiger partial charge in [0.05, 0.1) is 21.5 Å². The topological polar surface area (TPSA) is 69.6 Å². The number of hydrogen-bond acceptors (Lipinski definition) is 4. The van der Waals surface area contributed by atoms with Crippen LogP contribution in [0.1, 0.15) is 25.2 Å². The van der Waals surface area contributed by atoms with Crippen LogP contribution in [0.25, 0.3) is 5.95 Å². The van der Waals surface area contributed by atoms with E-state index in [0.717, 1.165) is 34.4 Å². The van der Waals surface area contributed by atoms with Crippen LogP contribution in [0.5, 0.6) is 0 Å². The van der Waals surface area contributed by atoms with E-state index in [4.69, 9.17) is 5.73 Å². The van der Waals surface area contributed by atoms with Crippen LogP contribution in [0.4, 0.5) is 5.69 Å². The fraction of sp³-hybridized carbons (Fsp3) is 0.364. The Hall–Kier alpha value is -1.43. The molecular weight excluding hydrogens is 282 g/mol. The van der Waals surface area contributed by atoms with Crippen molar-refractivity contribution in [2.45, 2.75) is 26.7 Å². The van der Waals surface area contributed by atoms with Crippen molar-refractivity contribution >= 4 is 21.6 Å². The highest BCUT2D eigenvalue weighted by Crippen LogP contribution is 2.20. The molecule has 6 heteroatoms. The highest BCUT2D eigenvalue weighted by atomic mass is 79.9. The molecule has 2 aromatic rings. The molecule has 2 aromatic heterocycles. The van der Waals surface area contributed by atoms with Gasteiger partial charge in [0, 0.05) is 12.4 Å². The van der Waals surface area contributed by atoms with E-state index in [1.54, 1.807) is 17.1 Å². The molecule has 0 atom stereocenters. The second-order valence-corrected chi connectivity index (χ2v) is 4.54. The predicted octanol–water partition coefficient (Wildman–Crippen LogP) is 2.13. The second kappa shape index (κ2) is 4.83. The van der Waals surface area contributed by atoms with Gasteiger partial charge in [0.15, 0.2) is 0 Å². The van der Waals surface area contributed by atoms with Gasteiger partial charge >= 0.3 is 0 Å². The molecule has 0 radical (unpaired) electrons. The Balaban J connectivity index is 2.54. The van der Waals surface area contributed by atoms with Crippen molar-refractivity contribution in [2.24, 2.45) is 0 Å². The van der Waals surface area contributed by atoms with E-state index in [1.807, 2.05) is 13.8 Å². The molecule has 0 bridgehead atoms. The fourth-order valence-corrected chi connectivity index (χ4v) is 1.90. The number of hydrogen-bond donors (Lipinski definition) is 1. The molecule has 0 saturated carbocycles. The van der Waals surface area contributed by atoms with Crippen molar-refractivity contribution in [3.63, 3.8) is 0 Å². The average Bonchev–Trinajstić information content (AvgIpc) is 2.66. The van der Waals surface area contributed by atoms with Crippen LogP contribution in [0, 0.1) is 0 Å². The summed E-state index contributed by atoms with van der Waals surface area (Å²) < 4.78 is 2.57. The highest BCUT2D eigenvalue weighted by Gasteiger charge is 2.15. The number of halogens is 1. The number of nitrogen functional groups attached to an aromatic ring is 1. The standard InChI is InChI=1S/C11H14BrN5/c1-3-8-10(13)9(4-2)17(16-8)11-14-5-7(12)6-15-11/h5-6H,3-4,13H2,1-2H3. The summed E-state index contributed by atoms with van der Waals surface area (Å²) in [6.07, 6.45) is 5.01. The van der Waals surface area contributed by atoms with Crippen molar-refractivity contribution in [3.05, 3.63) is 28.3 Å². The van der Waals surface area contributed by atoms with Crippen LogP contribution in [-0.4, -0.2) is 19.7 Å². The van der Waals surface area contributed by atoms with Crippen LogP contribution in [0.3, 0.4) is 0 Å². The summed E-state index contributed by atoms with van der Waals surface area (Å²) >= 11 is 3.31. The molecule has 17 heavy (non-hydrogen) atoms. The summed E-state index contributed by atoms with van der Waals surface area (Å²) in [5, 5.41) is 4.45. The second-order valence-electron chi connectivity index (χ2n) is 3.63. The normalized spacial score (nSPS) is 10.8. The lowest BCUT2D eigenvalue weighted by atomic mass is 10.2. The van der Waals surface area contributed by atoms with Gasteiger partial charge in [-0.2, -0.15) is 5.10 Å². The van der Waals surface area contributed by atoms with E-state index in [-0.39, 0.29) is 0 Å². The molecule has 5 nitrogen and oxygen atoms in total. The Morgan fingerprint density at radius 1 is 1.24 bits per heavy atom. The van der Waals surface area contributed by atoms with Crippen LogP contribution in [-0.2, 0) is 12.8 Å². The molecule has 0 aliphatic carbocycles. The van der Waals surface area contributed by atoms with E-state index >= 15 is 0 Å². The van der Waals surface area contributed by atoms with E-state index in [0.29, 0.717) is 5.95 Å². The summed E-state index contributed by atoms with van der Waals surface area (Å²) in [6.45, 7) is 4.08.